The summed E-state index contributed by atoms with van der Waals surface area (Å²) in [5.74, 6) is -0.497. The van der Waals surface area contributed by atoms with Crippen LogP contribution in [0.3, 0.4) is 0 Å². The normalized spacial score (nSPS) is 10.3. The lowest BCUT2D eigenvalue weighted by molar-refractivity contribution is -0.114. The van der Waals surface area contributed by atoms with Gasteiger partial charge in [0.1, 0.15) is 0 Å². The van der Waals surface area contributed by atoms with Gasteiger partial charge in [0.05, 0.1) is 16.9 Å². The van der Waals surface area contributed by atoms with E-state index in [1.807, 2.05) is 26.8 Å². The molecule has 2 N–H and O–H groups in total. The smallest absolute Gasteiger partial charge is 0.259 e. The van der Waals surface area contributed by atoms with Crippen LogP contribution in [-0.4, -0.2) is 16.8 Å². The highest BCUT2D eigenvalue weighted by molar-refractivity contribution is 7.15. The maximum absolute atomic E-state index is 12.4. The van der Waals surface area contributed by atoms with Crippen LogP contribution in [0.2, 0.25) is 0 Å². The first-order chi connectivity index (χ1) is 9.86. The first kappa shape index (κ1) is 15.2. The highest BCUT2D eigenvalue weighted by atomic mass is 32.1. The number of amides is 2. The zero-order valence-corrected chi connectivity index (χ0v) is 13.2. The molecule has 1 aromatic carbocycles. The second-order valence-corrected chi connectivity index (χ2v) is 6.05. The standard InChI is InChI=1S/C15H17N3O2S/c1-8-5-6-12(13(7-8)17-11(4)19)14(20)18-15-16-9(2)10(3)21-15/h5-7H,1-4H3,(H,17,19)(H,16,18,20). The first-order valence-electron chi connectivity index (χ1n) is 6.50. The van der Waals surface area contributed by atoms with E-state index in [4.69, 9.17) is 0 Å². The summed E-state index contributed by atoms with van der Waals surface area (Å²) in [7, 11) is 0. The molecule has 110 valence electrons. The van der Waals surface area contributed by atoms with Crippen LogP contribution in [0, 0.1) is 20.8 Å². The molecule has 0 fully saturated rings. The van der Waals surface area contributed by atoms with Crippen molar-refractivity contribution in [2.24, 2.45) is 0 Å². The number of carbonyl (C=O) groups is 2. The molecule has 0 saturated heterocycles. The van der Waals surface area contributed by atoms with Gasteiger partial charge in [0.25, 0.3) is 5.91 Å². The lowest BCUT2D eigenvalue weighted by Gasteiger charge is -2.10. The maximum atomic E-state index is 12.4. The van der Waals surface area contributed by atoms with Crippen LogP contribution in [0.25, 0.3) is 0 Å². The highest BCUT2D eigenvalue weighted by Crippen LogP contribution is 2.24. The summed E-state index contributed by atoms with van der Waals surface area (Å²) in [6, 6.07) is 5.30. The third-order valence-electron chi connectivity index (χ3n) is 2.98. The van der Waals surface area contributed by atoms with E-state index in [-0.39, 0.29) is 11.8 Å². The number of anilines is 2. The van der Waals surface area contributed by atoms with Crippen molar-refractivity contribution in [3.8, 4) is 0 Å². The summed E-state index contributed by atoms with van der Waals surface area (Å²) < 4.78 is 0. The number of nitrogens with zero attached hydrogens (tertiary/aromatic N) is 1. The monoisotopic (exact) mass is 303 g/mol. The van der Waals surface area contributed by atoms with Crippen LogP contribution in [0.15, 0.2) is 18.2 Å². The Labute approximate surface area is 127 Å². The van der Waals surface area contributed by atoms with Gasteiger partial charge in [0, 0.05) is 11.8 Å². The van der Waals surface area contributed by atoms with Crippen molar-refractivity contribution in [2.45, 2.75) is 27.7 Å². The molecule has 2 amide bonds. The molecule has 0 atom stereocenters. The van der Waals surface area contributed by atoms with Crippen molar-refractivity contribution in [1.82, 2.24) is 4.98 Å². The molecular weight excluding hydrogens is 286 g/mol. The van der Waals surface area contributed by atoms with Crippen LogP contribution < -0.4 is 10.6 Å². The Balaban J connectivity index is 2.27. The summed E-state index contributed by atoms with van der Waals surface area (Å²) in [6.45, 7) is 7.17. The van der Waals surface area contributed by atoms with Crippen LogP contribution in [0.4, 0.5) is 10.8 Å². The molecule has 5 nitrogen and oxygen atoms in total. The molecule has 0 radical (unpaired) electrons. The average molecular weight is 303 g/mol. The number of hydrogen-bond acceptors (Lipinski definition) is 4. The Kier molecular flexibility index (Phi) is 4.37. The zero-order valence-electron chi connectivity index (χ0n) is 12.4. The van der Waals surface area contributed by atoms with Crippen molar-refractivity contribution in [1.29, 1.82) is 0 Å². The quantitative estimate of drug-likeness (QED) is 0.914. The van der Waals surface area contributed by atoms with E-state index >= 15 is 0 Å². The largest absolute Gasteiger partial charge is 0.326 e. The van der Waals surface area contributed by atoms with Gasteiger partial charge in [-0.2, -0.15) is 0 Å². The molecule has 0 aliphatic rings. The Morgan fingerprint density at radius 3 is 2.43 bits per heavy atom. The average Bonchev–Trinajstić information content (AvgIpc) is 2.67. The van der Waals surface area contributed by atoms with Crippen LogP contribution in [0.5, 0.6) is 0 Å². The molecule has 0 aliphatic carbocycles. The fourth-order valence-corrected chi connectivity index (χ4v) is 2.65. The Bertz CT molecular complexity index is 687. The lowest BCUT2D eigenvalue weighted by Crippen LogP contribution is -2.16. The number of benzene rings is 1. The Morgan fingerprint density at radius 1 is 1.14 bits per heavy atom. The second kappa shape index (κ2) is 6.05. The molecule has 0 bridgehead atoms. The molecule has 0 spiro atoms. The number of nitrogens with one attached hydrogen (secondary N) is 2. The van der Waals surface area contributed by atoms with Gasteiger partial charge < -0.3 is 5.32 Å². The number of aromatic nitrogens is 1. The fourth-order valence-electron chi connectivity index (χ4n) is 1.84. The molecule has 0 aliphatic heterocycles. The van der Waals surface area contributed by atoms with E-state index in [2.05, 4.69) is 15.6 Å². The third-order valence-corrected chi connectivity index (χ3v) is 3.97. The van der Waals surface area contributed by atoms with E-state index in [0.717, 1.165) is 16.1 Å². The predicted octanol–water partition coefficient (Wildman–Crippen LogP) is 3.28. The maximum Gasteiger partial charge on any atom is 0.259 e. The number of carbonyl (C=O) groups excluding carboxylic acids is 2. The molecule has 2 aromatic rings. The highest BCUT2D eigenvalue weighted by Gasteiger charge is 2.15. The number of rotatable bonds is 3. The Morgan fingerprint density at radius 2 is 1.86 bits per heavy atom. The summed E-state index contributed by atoms with van der Waals surface area (Å²) in [4.78, 5) is 29.0. The second-order valence-electron chi connectivity index (χ2n) is 4.84. The SMILES string of the molecule is CC(=O)Nc1cc(C)ccc1C(=O)Nc1nc(C)c(C)s1. The summed E-state index contributed by atoms with van der Waals surface area (Å²) >= 11 is 1.43. The third kappa shape index (κ3) is 3.66. The molecular formula is C15H17N3O2S. The van der Waals surface area contributed by atoms with Gasteiger partial charge in [0.2, 0.25) is 5.91 Å². The van der Waals surface area contributed by atoms with Crippen molar-refractivity contribution in [3.05, 3.63) is 39.9 Å². The van der Waals surface area contributed by atoms with E-state index in [0.29, 0.717) is 16.4 Å². The number of thiazole rings is 1. The first-order valence-corrected chi connectivity index (χ1v) is 7.32. The van der Waals surface area contributed by atoms with Gasteiger partial charge in [-0.3, -0.25) is 14.9 Å². The number of hydrogen-bond donors (Lipinski definition) is 2. The Hall–Kier alpha value is -2.21. The minimum atomic E-state index is -0.285. The van der Waals surface area contributed by atoms with Crippen LogP contribution in [0.1, 0.15) is 33.4 Å². The molecule has 1 heterocycles. The predicted molar refractivity (Wildman–Crippen MR) is 85.0 cm³/mol. The van der Waals surface area contributed by atoms with E-state index in [9.17, 15) is 9.59 Å². The van der Waals surface area contributed by atoms with Gasteiger partial charge in [0.15, 0.2) is 5.13 Å². The van der Waals surface area contributed by atoms with Crippen molar-refractivity contribution in [3.63, 3.8) is 0 Å². The minimum Gasteiger partial charge on any atom is -0.326 e. The van der Waals surface area contributed by atoms with Gasteiger partial charge in [-0.05, 0) is 38.5 Å². The summed E-state index contributed by atoms with van der Waals surface area (Å²) in [6.07, 6.45) is 0. The molecule has 0 unspecified atom stereocenters. The molecule has 21 heavy (non-hydrogen) atoms. The van der Waals surface area contributed by atoms with Crippen molar-refractivity contribution in [2.75, 3.05) is 10.6 Å². The van der Waals surface area contributed by atoms with Gasteiger partial charge in [-0.25, -0.2) is 4.98 Å². The summed E-state index contributed by atoms with van der Waals surface area (Å²) in [5.41, 5.74) is 2.80. The molecule has 0 saturated carbocycles. The minimum absolute atomic E-state index is 0.212. The van der Waals surface area contributed by atoms with Gasteiger partial charge in [-0.15, -0.1) is 11.3 Å². The molecule has 1 aromatic heterocycles. The van der Waals surface area contributed by atoms with E-state index < -0.39 is 0 Å². The van der Waals surface area contributed by atoms with E-state index in [1.165, 1.54) is 18.3 Å². The van der Waals surface area contributed by atoms with Crippen molar-refractivity contribution >= 4 is 34.0 Å². The molecule has 6 heteroatoms. The summed E-state index contributed by atoms with van der Waals surface area (Å²) in [5, 5.41) is 6.01. The van der Waals surface area contributed by atoms with E-state index in [1.54, 1.807) is 12.1 Å². The topological polar surface area (TPSA) is 71.1 Å². The van der Waals surface area contributed by atoms with Gasteiger partial charge in [-0.1, -0.05) is 6.07 Å². The van der Waals surface area contributed by atoms with Crippen molar-refractivity contribution < 1.29 is 9.59 Å². The molecule has 2 rings (SSSR count). The van der Waals surface area contributed by atoms with Gasteiger partial charge >= 0.3 is 0 Å². The zero-order chi connectivity index (χ0) is 15.6. The lowest BCUT2D eigenvalue weighted by atomic mass is 10.1. The number of aryl methyl sites for hydroxylation is 3. The fraction of sp³-hybridized carbons (Fsp3) is 0.267. The van der Waals surface area contributed by atoms with Crippen LogP contribution >= 0.6 is 11.3 Å². The van der Waals surface area contributed by atoms with Crippen LogP contribution in [-0.2, 0) is 4.79 Å².